The van der Waals surface area contributed by atoms with Gasteiger partial charge in [0, 0.05) is 19.8 Å². The van der Waals surface area contributed by atoms with E-state index in [0.717, 1.165) is 12.8 Å². The molecule has 4 atom stereocenters. The highest BCUT2D eigenvalue weighted by Crippen LogP contribution is 2.44. The second-order valence-electron chi connectivity index (χ2n) is 4.42. The summed E-state index contributed by atoms with van der Waals surface area (Å²) < 4.78 is 17.5. The zero-order valence-corrected chi connectivity index (χ0v) is 10.5. The second kappa shape index (κ2) is 3.56. The lowest BCUT2D eigenvalue weighted by Crippen LogP contribution is -2.66. The van der Waals surface area contributed by atoms with Gasteiger partial charge in [-0.1, -0.05) is 22.6 Å². The quantitative estimate of drug-likeness (QED) is 0.411. The molecule has 4 unspecified atom stereocenters. The van der Waals surface area contributed by atoms with Crippen molar-refractivity contribution >= 4 is 28.6 Å². The fourth-order valence-electron chi connectivity index (χ4n) is 2.78. The maximum atomic E-state index is 11.0. The molecule has 84 valence electrons. The average Bonchev–Trinajstić information content (AvgIpc) is 2.14. The van der Waals surface area contributed by atoms with E-state index >= 15 is 0 Å². The molecule has 4 heterocycles. The fourth-order valence-corrected chi connectivity index (χ4v) is 3.71. The summed E-state index contributed by atoms with van der Waals surface area (Å²) in [7, 11) is 0. The maximum Gasteiger partial charge on any atom is 0.303 e. The first kappa shape index (κ1) is 10.3. The van der Waals surface area contributed by atoms with Crippen LogP contribution in [0.4, 0.5) is 0 Å². The predicted molar refractivity (Wildman–Crippen MR) is 59.9 cm³/mol. The number of rotatable bonds is 1. The largest absolute Gasteiger partial charge is 0.457 e. The van der Waals surface area contributed by atoms with Crippen LogP contribution >= 0.6 is 22.6 Å². The Balaban J connectivity index is 1.78. The zero-order valence-electron chi connectivity index (χ0n) is 8.39. The standard InChI is InChI=1S/C10H13IO4/c1-4(12)13-10-7-2-5-9(11)6(15-7)3-8(10)14-5/h5-10H,2-3H2,1H3. The number of alkyl halides is 1. The summed E-state index contributed by atoms with van der Waals surface area (Å²) in [6.45, 7) is 1.44. The summed E-state index contributed by atoms with van der Waals surface area (Å²) in [5.74, 6) is -0.245. The molecule has 4 nitrogen and oxygen atoms in total. The van der Waals surface area contributed by atoms with E-state index in [1.165, 1.54) is 6.92 Å². The molecule has 4 aliphatic rings. The van der Waals surface area contributed by atoms with Crippen molar-refractivity contribution in [2.45, 2.75) is 54.2 Å². The van der Waals surface area contributed by atoms with Gasteiger partial charge in [-0.2, -0.15) is 0 Å². The minimum atomic E-state index is -0.245. The van der Waals surface area contributed by atoms with Gasteiger partial charge in [0.2, 0.25) is 0 Å². The van der Waals surface area contributed by atoms with Gasteiger partial charge in [0.1, 0.15) is 0 Å². The van der Waals surface area contributed by atoms with Gasteiger partial charge in [-0.3, -0.25) is 4.79 Å². The number of ether oxygens (including phenoxy) is 3. The molecule has 0 aromatic heterocycles. The van der Waals surface area contributed by atoms with Crippen molar-refractivity contribution in [2.75, 3.05) is 0 Å². The van der Waals surface area contributed by atoms with Crippen LogP contribution in [0.5, 0.6) is 0 Å². The molecule has 0 aromatic rings. The first-order valence-corrected chi connectivity index (χ1v) is 6.52. The van der Waals surface area contributed by atoms with Gasteiger partial charge in [0.25, 0.3) is 0 Å². The Labute approximate surface area is 102 Å². The van der Waals surface area contributed by atoms with E-state index in [2.05, 4.69) is 22.6 Å². The van der Waals surface area contributed by atoms with Gasteiger partial charge in [0.05, 0.1) is 28.3 Å². The molecule has 0 spiro atoms. The summed E-state index contributed by atoms with van der Waals surface area (Å²) >= 11 is 2.40. The average molecular weight is 324 g/mol. The highest BCUT2D eigenvalue weighted by atomic mass is 127. The van der Waals surface area contributed by atoms with Gasteiger partial charge < -0.3 is 14.2 Å². The lowest BCUT2D eigenvalue weighted by Gasteiger charge is -2.55. The Kier molecular flexibility index (Phi) is 2.44. The van der Waals surface area contributed by atoms with Crippen molar-refractivity contribution in [1.82, 2.24) is 0 Å². The topological polar surface area (TPSA) is 44.8 Å². The minimum absolute atomic E-state index is 0.0578. The molecule has 15 heavy (non-hydrogen) atoms. The molecule has 0 saturated carbocycles. The number of halogens is 1. The van der Waals surface area contributed by atoms with Crippen LogP contribution in [-0.4, -0.2) is 40.4 Å². The first-order valence-electron chi connectivity index (χ1n) is 5.27. The number of esters is 1. The minimum Gasteiger partial charge on any atom is -0.457 e. The summed E-state index contributed by atoms with van der Waals surface area (Å²) in [6.07, 6.45) is 2.24. The lowest BCUT2D eigenvalue weighted by molar-refractivity contribution is -0.282. The van der Waals surface area contributed by atoms with Crippen LogP contribution in [0.2, 0.25) is 0 Å². The van der Waals surface area contributed by atoms with Crippen molar-refractivity contribution in [3.63, 3.8) is 0 Å². The van der Waals surface area contributed by atoms with E-state index in [1.54, 1.807) is 0 Å². The van der Waals surface area contributed by atoms with Crippen LogP contribution in [-0.2, 0) is 19.0 Å². The summed E-state index contributed by atoms with van der Waals surface area (Å²) in [4.78, 5) is 11.0. The van der Waals surface area contributed by atoms with E-state index in [-0.39, 0.29) is 24.3 Å². The van der Waals surface area contributed by atoms with E-state index < -0.39 is 0 Å². The molecular weight excluding hydrogens is 311 g/mol. The number of carbonyl (C=O) groups excluding carboxylic acids is 1. The van der Waals surface area contributed by atoms with Crippen LogP contribution in [0, 0.1) is 0 Å². The Hall–Kier alpha value is 0.120. The third-order valence-corrected chi connectivity index (χ3v) is 4.98. The Morgan fingerprint density at radius 2 is 1.73 bits per heavy atom. The Morgan fingerprint density at radius 1 is 1.20 bits per heavy atom. The summed E-state index contributed by atoms with van der Waals surface area (Å²) in [5, 5.41) is 0. The third-order valence-electron chi connectivity index (χ3n) is 3.37. The molecule has 0 radical (unpaired) electrons. The molecule has 4 saturated heterocycles. The van der Waals surface area contributed by atoms with Crippen molar-refractivity contribution in [3.05, 3.63) is 0 Å². The van der Waals surface area contributed by atoms with Gasteiger partial charge >= 0.3 is 5.97 Å². The first-order chi connectivity index (χ1) is 7.15. The van der Waals surface area contributed by atoms with Crippen LogP contribution in [0.25, 0.3) is 0 Å². The Bertz CT molecular complexity index is 263. The smallest absolute Gasteiger partial charge is 0.303 e. The van der Waals surface area contributed by atoms with Gasteiger partial charge in [-0.25, -0.2) is 0 Å². The predicted octanol–water partition coefficient (Wildman–Crippen LogP) is 1.05. The highest BCUT2D eigenvalue weighted by Gasteiger charge is 2.55. The van der Waals surface area contributed by atoms with Crippen molar-refractivity contribution in [3.8, 4) is 0 Å². The van der Waals surface area contributed by atoms with Gasteiger partial charge in [0.15, 0.2) is 6.10 Å². The van der Waals surface area contributed by atoms with Crippen LogP contribution in [0.1, 0.15) is 19.8 Å². The zero-order chi connectivity index (χ0) is 10.6. The molecule has 4 bridgehead atoms. The molecule has 5 heteroatoms. The van der Waals surface area contributed by atoms with Crippen LogP contribution in [0.3, 0.4) is 0 Å². The molecule has 4 aliphatic heterocycles. The summed E-state index contributed by atoms with van der Waals surface area (Å²) in [6, 6.07) is 0. The van der Waals surface area contributed by atoms with E-state index in [1.807, 2.05) is 0 Å². The van der Waals surface area contributed by atoms with E-state index in [9.17, 15) is 4.79 Å². The molecule has 4 rings (SSSR count). The van der Waals surface area contributed by atoms with E-state index in [4.69, 9.17) is 14.2 Å². The molecule has 4 fully saturated rings. The van der Waals surface area contributed by atoms with Crippen LogP contribution < -0.4 is 0 Å². The molecule has 0 N–H and O–H groups in total. The van der Waals surface area contributed by atoms with Crippen molar-refractivity contribution in [1.29, 1.82) is 0 Å². The highest BCUT2D eigenvalue weighted by molar-refractivity contribution is 14.1. The molecule has 0 aromatic carbocycles. The molecular formula is C10H13IO4. The van der Waals surface area contributed by atoms with Crippen molar-refractivity contribution in [2.24, 2.45) is 0 Å². The Morgan fingerprint density at radius 3 is 2.20 bits per heavy atom. The maximum absolute atomic E-state index is 11.0. The van der Waals surface area contributed by atoms with Gasteiger partial charge in [-0.15, -0.1) is 0 Å². The normalized spacial score (nSPS) is 51.9. The number of hydrogen-bond acceptors (Lipinski definition) is 4. The molecule has 0 aliphatic carbocycles. The SMILES string of the molecule is CC(=O)OC1C2CC3OC1CC(O2)C3I. The number of hydrogen-bond donors (Lipinski definition) is 0. The fraction of sp³-hybridized carbons (Fsp3) is 0.900. The van der Waals surface area contributed by atoms with E-state index in [0.29, 0.717) is 16.1 Å². The summed E-state index contributed by atoms with van der Waals surface area (Å²) in [5.41, 5.74) is 0. The third kappa shape index (κ3) is 1.59. The number of carbonyl (C=O) groups is 1. The van der Waals surface area contributed by atoms with Gasteiger partial charge in [-0.05, 0) is 0 Å². The van der Waals surface area contributed by atoms with Crippen LogP contribution in [0.15, 0.2) is 0 Å². The lowest BCUT2D eigenvalue weighted by atomic mass is 9.82. The molecule has 0 amide bonds. The van der Waals surface area contributed by atoms with Crippen molar-refractivity contribution < 1.29 is 19.0 Å². The second-order valence-corrected chi connectivity index (χ2v) is 5.85. The monoisotopic (exact) mass is 324 g/mol.